The number of carboxylic acids is 1. The summed E-state index contributed by atoms with van der Waals surface area (Å²) in [4.78, 5) is 23.5. The fourth-order valence-corrected chi connectivity index (χ4v) is 8.06. The number of carbonyl (C=O) groups is 2. The van der Waals surface area contributed by atoms with Gasteiger partial charge in [-0.05, 0) is 79.6 Å². The van der Waals surface area contributed by atoms with E-state index >= 15 is 0 Å². The van der Waals surface area contributed by atoms with Crippen LogP contribution in [0.1, 0.15) is 65.2 Å². The van der Waals surface area contributed by atoms with Gasteiger partial charge in [-0.1, -0.05) is 19.4 Å². The number of allylic oxidation sites excluding steroid dienone is 1. The summed E-state index contributed by atoms with van der Waals surface area (Å²) in [5.41, 5.74) is 1.29. The van der Waals surface area contributed by atoms with E-state index in [1.54, 1.807) is 0 Å². The molecule has 33 heavy (non-hydrogen) atoms. The van der Waals surface area contributed by atoms with Crippen LogP contribution in [-0.2, 0) is 19.1 Å². The second kappa shape index (κ2) is 8.12. The topological polar surface area (TPSA) is 134 Å². The van der Waals surface area contributed by atoms with Gasteiger partial charge in [-0.25, -0.2) is 4.79 Å². The predicted octanol–water partition coefficient (Wildman–Crippen LogP) is 1.80. The number of aliphatic carboxylic acids is 1. The van der Waals surface area contributed by atoms with Crippen molar-refractivity contribution in [3.8, 4) is 0 Å². The number of ether oxygens (including phenoxy) is 2. The van der Waals surface area contributed by atoms with E-state index in [1.165, 1.54) is 5.57 Å². The van der Waals surface area contributed by atoms with Gasteiger partial charge in [-0.2, -0.15) is 0 Å². The molecule has 0 aromatic rings. The van der Waals surface area contributed by atoms with Gasteiger partial charge in [0.15, 0.2) is 18.2 Å². The summed E-state index contributed by atoms with van der Waals surface area (Å²) in [6, 6.07) is 0. The molecule has 5 aliphatic rings. The van der Waals surface area contributed by atoms with Crippen molar-refractivity contribution in [3.05, 3.63) is 11.6 Å². The SMILES string of the molecule is CC12CCC(=O)C=C1CCC1C2CCC2(C)C1CC[C@@H]2O[C@H]1OC(C(=O)O)[C@H](O)[C@@H](O)[C@@H]1O. The molecule has 1 heterocycles. The normalized spacial score (nSPS) is 51.8. The molecule has 4 aliphatic carbocycles. The summed E-state index contributed by atoms with van der Waals surface area (Å²) < 4.78 is 11.6. The van der Waals surface area contributed by atoms with Gasteiger partial charge in [-0.15, -0.1) is 0 Å². The van der Waals surface area contributed by atoms with Crippen molar-refractivity contribution in [3.63, 3.8) is 0 Å². The Hall–Kier alpha value is -1.32. The molecule has 8 heteroatoms. The third-order valence-corrected chi connectivity index (χ3v) is 9.99. The van der Waals surface area contributed by atoms with Gasteiger partial charge in [0, 0.05) is 6.42 Å². The molecule has 5 rings (SSSR count). The first-order chi connectivity index (χ1) is 15.6. The maximum Gasteiger partial charge on any atom is 0.335 e. The Balaban J connectivity index is 1.34. The molecular formula is C25H36O8. The highest BCUT2D eigenvalue weighted by atomic mass is 16.7. The van der Waals surface area contributed by atoms with Crippen LogP contribution < -0.4 is 0 Å². The quantitative estimate of drug-likeness (QED) is 0.497. The minimum absolute atomic E-state index is 0.0920. The van der Waals surface area contributed by atoms with Crippen molar-refractivity contribution in [2.75, 3.05) is 0 Å². The van der Waals surface area contributed by atoms with Crippen LogP contribution in [0.4, 0.5) is 0 Å². The van der Waals surface area contributed by atoms with Crippen molar-refractivity contribution >= 4 is 11.8 Å². The first-order valence-electron chi connectivity index (χ1n) is 12.4. The maximum atomic E-state index is 12.0. The van der Waals surface area contributed by atoms with Crippen LogP contribution >= 0.6 is 0 Å². The molecule has 8 nitrogen and oxygen atoms in total. The molecule has 0 spiro atoms. The average Bonchev–Trinajstić information content (AvgIpc) is 3.10. The Morgan fingerprint density at radius 1 is 1.00 bits per heavy atom. The zero-order valence-corrected chi connectivity index (χ0v) is 19.4. The molecule has 3 saturated carbocycles. The number of hydrogen-bond donors (Lipinski definition) is 4. The fraction of sp³-hybridized carbons (Fsp3) is 0.840. The zero-order valence-electron chi connectivity index (χ0n) is 19.4. The Labute approximate surface area is 194 Å². The number of fused-ring (bicyclic) bond motifs is 5. The lowest BCUT2D eigenvalue weighted by Crippen LogP contribution is -2.61. The summed E-state index contributed by atoms with van der Waals surface area (Å²) >= 11 is 0. The Morgan fingerprint density at radius 2 is 1.76 bits per heavy atom. The third-order valence-electron chi connectivity index (χ3n) is 9.99. The van der Waals surface area contributed by atoms with Gasteiger partial charge in [-0.3, -0.25) is 4.79 Å². The molecule has 0 aromatic heterocycles. The highest BCUT2D eigenvalue weighted by Crippen LogP contribution is 2.65. The molecule has 0 aromatic carbocycles. The first kappa shape index (κ1) is 23.4. The Bertz CT molecular complexity index is 855. The van der Waals surface area contributed by atoms with Crippen molar-refractivity contribution in [2.45, 2.75) is 102 Å². The summed E-state index contributed by atoms with van der Waals surface area (Å²) in [6.07, 6.45) is 1.24. The van der Waals surface area contributed by atoms with Crippen LogP contribution in [0, 0.1) is 28.6 Å². The third kappa shape index (κ3) is 3.52. The summed E-state index contributed by atoms with van der Waals surface area (Å²) in [5, 5.41) is 39.9. The number of aliphatic hydroxyl groups excluding tert-OH is 3. The van der Waals surface area contributed by atoms with E-state index in [2.05, 4.69) is 13.8 Å². The molecule has 0 radical (unpaired) electrons. The maximum absolute atomic E-state index is 12.0. The van der Waals surface area contributed by atoms with Crippen molar-refractivity contribution < 1.29 is 39.5 Å². The molecule has 4 fully saturated rings. The van der Waals surface area contributed by atoms with E-state index in [4.69, 9.17) is 9.47 Å². The van der Waals surface area contributed by atoms with E-state index in [-0.39, 0.29) is 22.7 Å². The number of carbonyl (C=O) groups excluding carboxylic acids is 1. The van der Waals surface area contributed by atoms with Gasteiger partial charge in [0.05, 0.1) is 6.10 Å². The van der Waals surface area contributed by atoms with Gasteiger partial charge in [0.2, 0.25) is 0 Å². The lowest BCUT2D eigenvalue weighted by Gasteiger charge is -2.58. The average molecular weight is 465 g/mol. The molecule has 1 saturated heterocycles. The van der Waals surface area contributed by atoms with Gasteiger partial charge in [0.25, 0.3) is 0 Å². The van der Waals surface area contributed by atoms with Crippen LogP contribution in [0.3, 0.4) is 0 Å². The second-order valence-electron chi connectivity index (χ2n) is 11.5. The number of aliphatic hydroxyl groups is 3. The van der Waals surface area contributed by atoms with Crippen LogP contribution in [0.25, 0.3) is 0 Å². The zero-order chi connectivity index (χ0) is 23.7. The van der Waals surface area contributed by atoms with Crippen LogP contribution in [0.2, 0.25) is 0 Å². The smallest absolute Gasteiger partial charge is 0.335 e. The van der Waals surface area contributed by atoms with Crippen LogP contribution in [0.15, 0.2) is 11.6 Å². The number of ketones is 1. The van der Waals surface area contributed by atoms with Crippen molar-refractivity contribution in [2.24, 2.45) is 28.6 Å². The lowest BCUT2D eigenvalue weighted by molar-refractivity contribution is -0.312. The van der Waals surface area contributed by atoms with E-state index in [0.29, 0.717) is 24.2 Å². The molecule has 1 aliphatic heterocycles. The fourth-order valence-electron chi connectivity index (χ4n) is 8.06. The monoisotopic (exact) mass is 464 g/mol. The molecule has 11 atom stereocenters. The van der Waals surface area contributed by atoms with E-state index < -0.39 is 36.7 Å². The predicted molar refractivity (Wildman–Crippen MR) is 116 cm³/mol. The minimum atomic E-state index is -1.72. The molecule has 6 unspecified atom stereocenters. The Kier molecular flexibility index (Phi) is 5.77. The van der Waals surface area contributed by atoms with Crippen LogP contribution in [0.5, 0.6) is 0 Å². The second-order valence-corrected chi connectivity index (χ2v) is 11.5. The van der Waals surface area contributed by atoms with E-state index in [0.717, 1.165) is 44.9 Å². The first-order valence-corrected chi connectivity index (χ1v) is 12.4. The van der Waals surface area contributed by atoms with Gasteiger partial charge in [0.1, 0.15) is 18.3 Å². The van der Waals surface area contributed by atoms with Gasteiger partial charge >= 0.3 is 5.97 Å². The minimum Gasteiger partial charge on any atom is -0.479 e. The lowest BCUT2D eigenvalue weighted by atomic mass is 9.47. The molecule has 0 amide bonds. The Morgan fingerprint density at radius 3 is 2.48 bits per heavy atom. The molecular weight excluding hydrogens is 428 g/mol. The largest absolute Gasteiger partial charge is 0.479 e. The van der Waals surface area contributed by atoms with E-state index in [1.807, 2.05) is 6.08 Å². The number of carboxylic acid groups (broad SMARTS) is 1. The van der Waals surface area contributed by atoms with Crippen LogP contribution in [-0.4, -0.2) is 69.0 Å². The highest BCUT2D eigenvalue weighted by molar-refractivity contribution is 5.91. The number of hydrogen-bond acceptors (Lipinski definition) is 7. The van der Waals surface area contributed by atoms with E-state index in [9.17, 15) is 30.0 Å². The van der Waals surface area contributed by atoms with Crippen molar-refractivity contribution in [1.29, 1.82) is 0 Å². The standard InChI is InChI=1S/C25H36O8/c1-24-9-7-13(26)11-12(24)3-4-14-15-5-6-17(25(15,2)10-8-16(14)24)32-23-20(29)18(27)19(28)21(33-23)22(30)31/h11,14-21,23,27-29H,3-10H2,1-2H3,(H,30,31)/t14?,15?,16?,17-,18+,19+,20-,21?,23-,24?,25?/m0/s1. The summed E-state index contributed by atoms with van der Waals surface area (Å²) in [5.74, 6) is 0.400. The molecule has 184 valence electrons. The van der Waals surface area contributed by atoms with Gasteiger partial charge < -0.3 is 29.9 Å². The molecule has 0 bridgehead atoms. The van der Waals surface area contributed by atoms with Crippen molar-refractivity contribution in [1.82, 2.24) is 0 Å². The summed E-state index contributed by atoms with van der Waals surface area (Å²) in [6.45, 7) is 4.58. The summed E-state index contributed by atoms with van der Waals surface area (Å²) in [7, 11) is 0. The molecule has 4 N–H and O–H groups in total. The highest BCUT2D eigenvalue weighted by Gasteiger charge is 2.60. The number of rotatable bonds is 3.